The molecule has 1 amide bonds. The maximum atomic E-state index is 12.3. The van der Waals surface area contributed by atoms with Crippen molar-refractivity contribution in [3.8, 4) is 5.75 Å². The Labute approximate surface area is 144 Å². The number of nitrogens with zero attached hydrogens (tertiary/aromatic N) is 1. The number of nitrogens with one attached hydrogen (secondary N) is 1. The average molecular weight is 354 g/mol. The van der Waals surface area contributed by atoms with E-state index in [4.69, 9.17) is 4.74 Å². The van der Waals surface area contributed by atoms with E-state index in [1.807, 2.05) is 6.92 Å². The Bertz CT molecular complexity index is 652. The van der Waals surface area contributed by atoms with Crippen LogP contribution in [0.4, 0.5) is 5.69 Å². The third-order valence-corrected chi connectivity index (χ3v) is 5.55. The minimum absolute atomic E-state index is 0.0817. The van der Waals surface area contributed by atoms with Crippen LogP contribution >= 0.6 is 0 Å². The molecule has 1 fully saturated rings. The molecule has 2 rings (SSSR count). The lowest BCUT2D eigenvalue weighted by Crippen LogP contribution is -2.42. The summed E-state index contributed by atoms with van der Waals surface area (Å²) >= 11 is 0. The Hall–Kier alpha value is -1.76. The van der Waals surface area contributed by atoms with Crippen LogP contribution in [-0.4, -0.2) is 39.8 Å². The summed E-state index contributed by atoms with van der Waals surface area (Å²) in [6.07, 6.45) is 5.59. The second-order valence-electron chi connectivity index (χ2n) is 6.23. The van der Waals surface area contributed by atoms with E-state index in [1.54, 1.807) is 24.3 Å². The number of hydrogen-bond donors (Lipinski definition) is 1. The van der Waals surface area contributed by atoms with Crippen LogP contribution in [-0.2, 0) is 14.8 Å². The van der Waals surface area contributed by atoms with Crippen molar-refractivity contribution < 1.29 is 17.9 Å². The molecule has 1 aromatic carbocycles. The normalized spacial score (nSPS) is 16.6. The predicted molar refractivity (Wildman–Crippen MR) is 94.8 cm³/mol. The molecule has 0 heterocycles. The smallest absolute Gasteiger partial charge is 0.261 e. The number of sulfonamides is 1. The van der Waals surface area contributed by atoms with Crippen LogP contribution in [0.1, 0.15) is 39.0 Å². The van der Waals surface area contributed by atoms with Gasteiger partial charge < -0.3 is 10.1 Å². The maximum absolute atomic E-state index is 12.3. The third kappa shape index (κ3) is 4.87. The van der Waals surface area contributed by atoms with E-state index in [-0.39, 0.29) is 11.9 Å². The maximum Gasteiger partial charge on any atom is 0.261 e. The molecule has 0 aliphatic heterocycles. The van der Waals surface area contributed by atoms with Gasteiger partial charge in [-0.3, -0.25) is 9.10 Å². The lowest BCUT2D eigenvalue weighted by Gasteiger charge is -2.21. The van der Waals surface area contributed by atoms with Gasteiger partial charge in [0.1, 0.15) is 5.75 Å². The van der Waals surface area contributed by atoms with Crippen LogP contribution in [0.2, 0.25) is 0 Å². The lowest BCUT2D eigenvalue weighted by atomic mass is 10.2. The molecule has 1 atom stereocenters. The second kappa shape index (κ2) is 7.88. The Morgan fingerprint density at radius 3 is 2.38 bits per heavy atom. The summed E-state index contributed by atoms with van der Waals surface area (Å²) in [6.45, 7) is 1.91. The molecule has 0 spiro atoms. The second-order valence-corrected chi connectivity index (χ2v) is 8.24. The first-order valence-corrected chi connectivity index (χ1v) is 10.2. The first-order chi connectivity index (χ1) is 11.3. The van der Waals surface area contributed by atoms with Crippen molar-refractivity contribution >= 4 is 21.6 Å². The number of ether oxygens (including phenoxy) is 1. The summed E-state index contributed by atoms with van der Waals surface area (Å²) in [5, 5.41) is 3.05. The highest BCUT2D eigenvalue weighted by Gasteiger charge is 2.23. The lowest BCUT2D eigenvalue weighted by molar-refractivity contribution is -0.128. The van der Waals surface area contributed by atoms with E-state index in [1.165, 1.54) is 11.4 Å². The summed E-state index contributed by atoms with van der Waals surface area (Å²) in [5.74, 6) is 0.468. The highest BCUT2D eigenvalue weighted by atomic mass is 32.2. The van der Waals surface area contributed by atoms with Gasteiger partial charge in [0.05, 0.1) is 11.9 Å². The molecule has 1 N–H and O–H groups in total. The predicted octanol–water partition coefficient (Wildman–Crippen LogP) is 2.30. The van der Waals surface area contributed by atoms with E-state index in [0.29, 0.717) is 17.9 Å². The number of carbonyl (C=O) groups is 1. The van der Waals surface area contributed by atoms with Gasteiger partial charge in [0.25, 0.3) is 5.91 Å². The number of anilines is 1. The zero-order valence-corrected chi connectivity index (χ0v) is 15.3. The summed E-state index contributed by atoms with van der Waals surface area (Å²) in [5.41, 5.74) is 0.549. The monoisotopic (exact) mass is 354 g/mol. The Balaban J connectivity index is 1.98. The molecular formula is C17H26N2O4S. The zero-order chi connectivity index (χ0) is 17.7. The van der Waals surface area contributed by atoms with Gasteiger partial charge in [-0.2, -0.15) is 0 Å². The highest BCUT2D eigenvalue weighted by molar-refractivity contribution is 7.92. The largest absolute Gasteiger partial charge is 0.481 e. The molecule has 0 saturated heterocycles. The van der Waals surface area contributed by atoms with Crippen molar-refractivity contribution in [2.75, 3.05) is 17.6 Å². The van der Waals surface area contributed by atoms with Gasteiger partial charge in [-0.25, -0.2) is 8.42 Å². The van der Waals surface area contributed by atoms with Crippen molar-refractivity contribution in [2.24, 2.45) is 0 Å². The van der Waals surface area contributed by atoms with E-state index >= 15 is 0 Å². The van der Waals surface area contributed by atoms with Crippen LogP contribution in [0.25, 0.3) is 0 Å². The molecule has 0 bridgehead atoms. The topological polar surface area (TPSA) is 75.7 Å². The number of benzene rings is 1. The van der Waals surface area contributed by atoms with Crippen molar-refractivity contribution in [3.63, 3.8) is 0 Å². The fraction of sp³-hybridized carbons (Fsp3) is 0.588. The van der Waals surface area contributed by atoms with Gasteiger partial charge >= 0.3 is 0 Å². The van der Waals surface area contributed by atoms with Crippen LogP contribution in [0.5, 0.6) is 5.75 Å². The standard InChI is InChI=1S/C17H26N2O4S/c1-4-16(17(20)18-13-7-5-6-8-13)23-15-11-9-14(10-12-15)19(2)24(3,21)22/h9-13,16H,4-8H2,1-3H3,(H,18,20)/t16-/m0/s1. The van der Waals surface area contributed by atoms with Gasteiger partial charge in [-0.15, -0.1) is 0 Å². The number of hydrogen-bond acceptors (Lipinski definition) is 4. The van der Waals surface area contributed by atoms with Gasteiger partial charge in [-0.05, 0) is 43.5 Å². The minimum Gasteiger partial charge on any atom is -0.481 e. The van der Waals surface area contributed by atoms with E-state index in [0.717, 1.165) is 31.9 Å². The van der Waals surface area contributed by atoms with Crippen molar-refractivity contribution in [2.45, 2.75) is 51.2 Å². The fourth-order valence-electron chi connectivity index (χ4n) is 2.78. The zero-order valence-electron chi connectivity index (χ0n) is 14.5. The number of amides is 1. The van der Waals surface area contributed by atoms with E-state index in [9.17, 15) is 13.2 Å². The summed E-state index contributed by atoms with van der Waals surface area (Å²) in [6, 6.07) is 6.96. The summed E-state index contributed by atoms with van der Waals surface area (Å²) < 4.78 is 30.0. The molecule has 0 radical (unpaired) electrons. The molecular weight excluding hydrogens is 328 g/mol. The quantitative estimate of drug-likeness (QED) is 0.815. The Kier molecular flexibility index (Phi) is 6.10. The van der Waals surface area contributed by atoms with Crippen molar-refractivity contribution in [1.82, 2.24) is 5.32 Å². The van der Waals surface area contributed by atoms with Crippen molar-refractivity contribution in [3.05, 3.63) is 24.3 Å². The van der Waals surface area contributed by atoms with Gasteiger partial charge in [0.15, 0.2) is 6.10 Å². The van der Waals surface area contributed by atoms with Crippen LogP contribution < -0.4 is 14.4 Å². The van der Waals surface area contributed by atoms with Crippen molar-refractivity contribution in [1.29, 1.82) is 0 Å². The molecule has 0 unspecified atom stereocenters. The first-order valence-electron chi connectivity index (χ1n) is 8.32. The molecule has 6 nitrogen and oxygen atoms in total. The number of rotatable bonds is 7. The SMILES string of the molecule is CC[C@H](Oc1ccc(N(C)S(C)(=O)=O)cc1)C(=O)NC1CCCC1. The molecule has 7 heteroatoms. The van der Waals surface area contributed by atoms with Crippen LogP contribution in [0.15, 0.2) is 24.3 Å². The fourth-order valence-corrected chi connectivity index (χ4v) is 3.28. The van der Waals surface area contributed by atoms with Gasteiger partial charge in [0, 0.05) is 13.1 Å². The highest BCUT2D eigenvalue weighted by Crippen LogP contribution is 2.22. The van der Waals surface area contributed by atoms with Crippen LogP contribution in [0, 0.1) is 0 Å². The Morgan fingerprint density at radius 2 is 1.88 bits per heavy atom. The molecule has 1 aromatic rings. The first kappa shape index (κ1) is 18.6. The molecule has 1 aliphatic carbocycles. The third-order valence-electron chi connectivity index (χ3n) is 4.34. The van der Waals surface area contributed by atoms with E-state index in [2.05, 4.69) is 5.32 Å². The van der Waals surface area contributed by atoms with Gasteiger partial charge in [0.2, 0.25) is 10.0 Å². The summed E-state index contributed by atoms with van der Waals surface area (Å²) in [4.78, 5) is 12.3. The molecule has 1 saturated carbocycles. The van der Waals surface area contributed by atoms with Crippen LogP contribution in [0.3, 0.4) is 0 Å². The van der Waals surface area contributed by atoms with E-state index < -0.39 is 16.1 Å². The molecule has 24 heavy (non-hydrogen) atoms. The molecule has 134 valence electrons. The minimum atomic E-state index is -3.29. The Morgan fingerprint density at radius 1 is 1.29 bits per heavy atom. The summed E-state index contributed by atoms with van der Waals surface area (Å²) in [7, 11) is -1.80. The molecule has 1 aliphatic rings. The number of carbonyl (C=O) groups excluding carboxylic acids is 1. The average Bonchev–Trinajstić information content (AvgIpc) is 3.04. The molecule has 0 aromatic heterocycles. The van der Waals surface area contributed by atoms with Gasteiger partial charge in [-0.1, -0.05) is 19.8 Å².